The first-order chi connectivity index (χ1) is 13.2. The monoisotopic (exact) mass is 399 g/mol. The molecule has 7 atom stereocenters. The lowest BCUT2D eigenvalue weighted by molar-refractivity contribution is -0.187. The Hall–Kier alpha value is -1.25. The first-order valence-electron chi connectivity index (χ1n) is 10.2. The Morgan fingerprint density at radius 1 is 1.25 bits per heavy atom. The van der Waals surface area contributed by atoms with Crippen molar-refractivity contribution in [3.8, 4) is 0 Å². The number of allylic oxidation sites excluding steroid dienone is 1. The molecule has 1 amide bonds. The van der Waals surface area contributed by atoms with E-state index in [0.29, 0.717) is 18.5 Å². The third-order valence-electron chi connectivity index (χ3n) is 5.28. The van der Waals surface area contributed by atoms with Crippen LogP contribution in [0.2, 0.25) is 0 Å². The fourth-order valence-electron chi connectivity index (χ4n) is 3.01. The maximum atomic E-state index is 11.9. The summed E-state index contributed by atoms with van der Waals surface area (Å²) < 4.78 is 5.63. The number of carbonyl (C=O) groups is 1. The summed E-state index contributed by atoms with van der Waals surface area (Å²) >= 11 is 0. The van der Waals surface area contributed by atoms with Gasteiger partial charge in [-0.1, -0.05) is 32.4 Å². The number of aliphatic hydroxyl groups is 4. The molecule has 0 aromatic rings. The van der Waals surface area contributed by atoms with Crippen molar-refractivity contribution in [1.82, 2.24) is 5.32 Å². The first-order valence-corrected chi connectivity index (χ1v) is 10.2. The molecule has 0 spiro atoms. The lowest BCUT2D eigenvalue weighted by atomic mass is 9.86. The Morgan fingerprint density at radius 2 is 1.93 bits per heavy atom. The van der Waals surface area contributed by atoms with E-state index in [4.69, 9.17) is 4.74 Å². The van der Waals surface area contributed by atoms with Crippen LogP contribution >= 0.6 is 0 Å². The van der Waals surface area contributed by atoms with Crippen LogP contribution in [-0.4, -0.2) is 70.0 Å². The van der Waals surface area contributed by atoms with Crippen molar-refractivity contribution in [3.05, 3.63) is 23.8 Å². The molecule has 5 N–H and O–H groups in total. The number of ether oxygens (including phenoxy) is 1. The van der Waals surface area contributed by atoms with E-state index in [1.165, 1.54) is 6.08 Å². The topological polar surface area (TPSA) is 119 Å². The molecule has 0 aromatic heterocycles. The Morgan fingerprint density at radius 3 is 2.54 bits per heavy atom. The Balaban J connectivity index is 2.62. The van der Waals surface area contributed by atoms with Gasteiger partial charge in [-0.3, -0.25) is 4.79 Å². The fourth-order valence-corrected chi connectivity index (χ4v) is 3.01. The average Bonchev–Trinajstić information content (AvgIpc) is 2.64. The van der Waals surface area contributed by atoms with E-state index < -0.39 is 30.5 Å². The molecule has 1 aliphatic heterocycles. The summed E-state index contributed by atoms with van der Waals surface area (Å²) in [6.45, 7) is 7.98. The van der Waals surface area contributed by atoms with Gasteiger partial charge in [-0.2, -0.15) is 0 Å². The van der Waals surface area contributed by atoms with Gasteiger partial charge in [0.05, 0.1) is 18.8 Å². The summed E-state index contributed by atoms with van der Waals surface area (Å²) in [7, 11) is 0. The fraction of sp³-hybridized carbons (Fsp3) is 0.762. The third kappa shape index (κ3) is 7.64. The van der Waals surface area contributed by atoms with Gasteiger partial charge in [0.15, 0.2) is 0 Å². The van der Waals surface area contributed by atoms with Crippen molar-refractivity contribution in [2.45, 2.75) is 77.5 Å². The molecule has 0 saturated carbocycles. The zero-order valence-electron chi connectivity index (χ0n) is 17.4. The summed E-state index contributed by atoms with van der Waals surface area (Å²) in [6, 6.07) is 0. The van der Waals surface area contributed by atoms with Crippen molar-refractivity contribution < 1.29 is 30.0 Å². The molecule has 0 aromatic carbocycles. The summed E-state index contributed by atoms with van der Waals surface area (Å²) in [6.07, 6.45) is 2.43. The smallest absolute Gasteiger partial charge is 0.244 e. The van der Waals surface area contributed by atoms with Crippen LogP contribution < -0.4 is 5.32 Å². The van der Waals surface area contributed by atoms with Crippen LogP contribution in [-0.2, 0) is 9.53 Å². The van der Waals surface area contributed by atoms with E-state index in [0.717, 1.165) is 12.8 Å². The molecule has 1 heterocycles. The average molecular weight is 400 g/mol. The summed E-state index contributed by atoms with van der Waals surface area (Å²) in [5, 5.41) is 43.5. The zero-order valence-corrected chi connectivity index (χ0v) is 17.4. The maximum absolute atomic E-state index is 11.9. The van der Waals surface area contributed by atoms with Gasteiger partial charge in [0.1, 0.15) is 18.3 Å². The van der Waals surface area contributed by atoms with Gasteiger partial charge < -0.3 is 30.5 Å². The molecule has 1 rings (SSSR count). The highest BCUT2D eigenvalue weighted by molar-refractivity contribution is 5.88. The SMILES string of the molecule is CCCCNC(=O)/C=C(\C)[C@@H](O)[C@@H]1OC[C@H](C/C=C/[C@@H](C)[C@H](C)O)[C@@H](O)[C@H]1O. The predicted octanol–water partition coefficient (Wildman–Crippen LogP) is 0.910. The number of hydrogen-bond donors (Lipinski definition) is 5. The molecule has 7 nitrogen and oxygen atoms in total. The summed E-state index contributed by atoms with van der Waals surface area (Å²) in [5.74, 6) is -0.610. The number of rotatable bonds is 10. The number of nitrogens with one attached hydrogen (secondary N) is 1. The van der Waals surface area contributed by atoms with E-state index in [1.807, 2.05) is 26.0 Å². The van der Waals surface area contributed by atoms with Gasteiger partial charge in [-0.15, -0.1) is 0 Å². The largest absolute Gasteiger partial charge is 0.393 e. The molecule has 0 unspecified atom stereocenters. The summed E-state index contributed by atoms with van der Waals surface area (Å²) in [4.78, 5) is 11.9. The minimum absolute atomic E-state index is 0.00240. The van der Waals surface area contributed by atoms with Crippen molar-refractivity contribution in [3.63, 3.8) is 0 Å². The lowest BCUT2D eigenvalue weighted by Crippen LogP contribution is -2.54. The molecule has 7 heteroatoms. The van der Waals surface area contributed by atoms with Gasteiger partial charge in [-0.05, 0) is 38.2 Å². The highest BCUT2D eigenvalue weighted by Crippen LogP contribution is 2.27. The Labute approximate surface area is 168 Å². The lowest BCUT2D eigenvalue weighted by Gasteiger charge is -2.39. The van der Waals surface area contributed by atoms with Crippen LogP contribution in [0.25, 0.3) is 0 Å². The molecule has 0 aliphatic carbocycles. The molecule has 0 radical (unpaired) electrons. The van der Waals surface area contributed by atoms with Gasteiger partial charge in [0.25, 0.3) is 0 Å². The number of amides is 1. The number of carbonyl (C=O) groups excluding carboxylic acids is 1. The minimum Gasteiger partial charge on any atom is -0.393 e. The highest BCUT2D eigenvalue weighted by Gasteiger charge is 2.41. The van der Waals surface area contributed by atoms with Crippen molar-refractivity contribution in [2.24, 2.45) is 11.8 Å². The van der Waals surface area contributed by atoms with E-state index in [2.05, 4.69) is 5.32 Å². The third-order valence-corrected chi connectivity index (χ3v) is 5.28. The van der Waals surface area contributed by atoms with Crippen LogP contribution in [0.5, 0.6) is 0 Å². The number of aliphatic hydroxyl groups excluding tert-OH is 4. The minimum atomic E-state index is -1.26. The highest BCUT2D eigenvalue weighted by atomic mass is 16.5. The van der Waals surface area contributed by atoms with E-state index in [1.54, 1.807) is 13.8 Å². The number of unbranched alkanes of at least 4 members (excludes halogenated alkanes) is 1. The van der Waals surface area contributed by atoms with E-state index in [-0.39, 0.29) is 24.3 Å². The molecular weight excluding hydrogens is 362 g/mol. The van der Waals surface area contributed by atoms with E-state index >= 15 is 0 Å². The molecule has 1 saturated heterocycles. The Kier molecular flexibility index (Phi) is 10.9. The van der Waals surface area contributed by atoms with Crippen LogP contribution in [0, 0.1) is 11.8 Å². The zero-order chi connectivity index (χ0) is 21.3. The van der Waals surface area contributed by atoms with Gasteiger partial charge in [-0.25, -0.2) is 0 Å². The number of hydrogen-bond acceptors (Lipinski definition) is 6. The molecule has 1 aliphatic rings. The second kappa shape index (κ2) is 12.3. The van der Waals surface area contributed by atoms with E-state index in [9.17, 15) is 25.2 Å². The van der Waals surface area contributed by atoms with Crippen molar-refractivity contribution >= 4 is 5.91 Å². The molecular formula is C21H37NO6. The molecule has 162 valence electrons. The van der Waals surface area contributed by atoms with Gasteiger partial charge in [0, 0.05) is 18.5 Å². The van der Waals surface area contributed by atoms with Gasteiger partial charge >= 0.3 is 0 Å². The molecule has 0 bridgehead atoms. The first kappa shape index (κ1) is 24.8. The predicted molar refractivity (Wildman–Crippen MR) is 108 cm³/mol. The summed E-state index contributed by atoms with van der Waals surface area (Å²) in [5.41, 5.74) is 0.370. The van der Waals surface area contributed by atoms with Crippen LogP contribution in [0.15, 0.2) is 23.8 Å². The van der Waals surface area contributed by atoms with Gasteiger partial charge in [0.2, 0.25) is 5.91 Å². The van der Waals surface area contributed by atoms with Crippen molar-refractivity contribution in [2.75, 3.05) is 13.2 Å². The maximum Gasteiger partial charge on any atom is 0.244 e. The van der Waals surface area contributed by atoms with Crippen LogP contribution in [0.4, 0.5) is 0 Å². The van der Waals surface area contributed by atoms with Crippen LogP contribution in [0.3, 0.4) is 0 Å². The quantitative estimate of drug-likeness (QED) is 0.212. The Bertz CT molecular complexity index is 533. The standard InChI is InChI=1S/C21H37NO6/c1-5-6-10-22-17(24)11-14(3)18(25)21-20(27)19(26)16(12-28-21)9-7-8-13(2)15(4)23/h7-8,11,13,15-16,18-21,23,25-27H,5-6,9-10,12H2,1-4H3,(H,22,24)/b8-7+,14-11+/t13-,15+,16+,18-,19-,20-,21+/m1/s1. The second-order valence-corrected chi connectivity index (χ2v) is 7.78. The second-order valence-electron chi connectivity index (χ2n) is 7.78. The van der Waals surface area contributed by atoms with Crippen molar-refractivity contribution in [1.29, 1.82) is 0 Å². The normalized spacial score (nSPS) is 29.5. The van der Waals surface area contributed by atoms with Crippen LogP contribution in [0.1, 0.15) is 47.0 Å². The molecule has 1 fully saturated rings. The molecule has 28 heavy (non-hydrogen) atoms.